The van der Waals surface area contributed by atoms with Gasteiger partial charge in [-0.25, -0.2) is 8.42 Å². The minimum absolute atomic E-state index is 0.0889. The van der Waals surface area contributed by atoms with Crippen molar-refractivity contribution in [2.75, 3.05) is 26.2 Å². The zero-order valence-corrected chi connectivity index (χ0v) is 17.1. The molecule has 1 saturated heterocycles. The van der Waals surface area contributed by atoms with E-state index in [2.05, 4.69) is 17.3 Å². The second-order valence-electron chi connectivity index (χ2n) is 8.09. The van der Waals surface area contributed by atoms with Crippen LogP contribution in [-0.4, -0.2) is 59.5 Å². The first-order valence-electron chi connectivity index (χ1n) is 9.76. The Hall–Kier alpha value is -1.67. The number of aryl methyl sites for hydroxylation is 2. The average molecular weight is 393 g/mol. The van der Waals surface area contributed by atoms with E-state index in [9.17, 15) is 13.2 Å². The fourth-order valence-corrected chi connectivity index (χ4v) is 6.78. The molecule has 0 N–H and O–H groups in total. The Morgan fingerprint density at radius 1 is 1.11 bits per heavy atom. The van der Waals surface area contributed by atoms with E-state index in [1.54, 1.807) is 25.6 Å². The largest absolute Gasteiger partial charge is 0.341 e. The number of hydrogen-bond acceptors (Lipinski definition) is 4. The van der Waals surface area contributed by atoms with Gasteiger partial charge < -0.3 is 4.90 Å². The van der Waals surface area contributed by atoms with Crippen LogP contribution in [0.5, 0.6) is 0 Å². The molecule has 1 aromatic rings. The highest BCUT2D eigenvalue weighted by atomic mass is 32.2. The minimum Gasteiger partial charge on any atom is -0.341 e. The molecule has 1 saturated carbocycles. The van der Waals surface area contributed by atoms with E-state index in [1.165, 1.54) is 4.31 Å². The maximum atomic E-state index is 13.2. The Kier molecular flexibility index (Phi) is 4.66. The van der Waals surface area contributed by atoms with E-state index >= 15 is 0 Å². The van der Waals surface area contributed by atoms with Crippen LogP contribution < -0.4 is 0 Å². The van der Waals surface area contributed by atoms with Crippen molar-refractivity contribution in [3.8, 4) is 0 Å². The molecular weight excluding hydrogens is 364 g/mol. The molecule has 2 bridgehead atoms. The molecule has 4 rings (SSSR count). The predicted octanol–water partition coefficient (Wildman–Crippen LogP) is 1.47. The van der Waals surface area contributed by atoms with Crippen LogP contribution in [0.25, 0.3) is 0 Å². The highest BCUT2D eigenvalue weighted by Gasteiger charge is 2.42. The van der Waals surface area contributed by atoms with Gasteiger partial charge in [0.05, 0.1) is 11.4 Å². The summed E-state index contributed by atoms with van der Waals surface area (Å²) in [5, 5.41) is 4.25. The molecule has 3 unspecified atom stereocenters. The van der Waals surface area contributed by atoms with Crippen LogP contribution in [0.3, 0.4) is 0 Å². The standard InChI is InChI=1S/C19H28N4O3S/c1-13-18(14(2)21(3)20-13)27(25,26)23-8-4-7-22(9-10-23)19(24)17-12-15-5-6-16(17)11-15/h5-6,15-17H,4,7-12H2,1-3H3. The second kappa shape index (κ2) is 6.74. The van der Waals surface area contributed by atoms with Gasteiger partial charge in [0.25, 0.3) is 0 Å². The number of amides is 1. The molecule has 148 valence electrons. The Labute approximate surface area is 161 Å². The van der Waals surface area contributed by atoms with Crippen molar-refractivity contribution in [1.82, 2.24) is 19.0 Å². The predicted molar refractivity (Wildman–Crippen MR) is 101 cm³/mol. The minimum atomic E-state index is -3.60. The summed E-state index contributed by atoms with van der Waals surface area (Å²) >= 11 is 0. The van der Waals surface area contributed by atoms with E-state index in [0.717, 1.165) is 12.8 Å². The number of rotatable bonds is 3. The van der Waals surface area contributed by atoms with Gasteiger partial charge in [0.15, 0.2) is 0 Å². The summed E-state index contributed by atoms with van der Waals surface area (Å²) in [6.45, 7) is 5.40. The molecule has 0 spiro atoms. The number of aromatic nitrogens is 2. The smallest absolute Gasteiger partial charge is 0.246 e. The Morgan fingerprint density at radius 2 is 1.89 bits per heavy atom. The highest BCUT2D eigenvalue weighted by molar-refractivity contribution is 7.89. The van der Waals surface area contributed by atoms with Gasteiger partial charge in [-0.3, -0.25) is 9.48 Å². The lowest BCUT2D eigenvalue weighted by atomic mass is 9.92. The summed E-state index contributed by atoms with van der Waals surface area (Å²) in [6, 6.07) is 0. The molecule has 0 aromatic carbocycles. The van der Waals surface area contributed by atoms with Crippen LogP contribution in [0.1, 0.15) is 30.7 Å². The number of fused-ring (bicyclic) bond motifs is 2. The summed E-state index contributed by atoms with van der Waals surface area (Å²) < 4.78 is 29.5. The normalized spacial score (nSPS) is 28.7. The van der Waals surface area contributed by atoms with Gasteiger partial charge in [0, 0.05) is 39.1 Å². The van der Waals surface area contributed by atoms with Crippen LogP contribution in [-0.2, 0) is 21.9 Å². The molecule has 7 nitrogen and oxygen atoms in total. The third-order valence-corrected chi connectivity index (χ3v) is 8.55. The number of carbonyl (C=O) groups is 1. The fourth-order valence-electron chi connectivity index (χ4n) is 4.91. The molecule has 1 amide bonds. The summed E-state index contributed by atoms with van der Waals surface area (Å²) in [5.74, 6) is 1.24. The number of nitrogens with zero attached hydrogens (tertiary/aromatic N) is 4. The van der Waals surface area contributed by atoms with E-state index < -0.39 is 10.0 Å². The van der Waals surface area contributed by atoms with Gasteiger partial charge >= 0.3 is 0 Å². The van der Waals surface area contributed by atoms with Crippen molar-refractivity contribution < 1.29 is 13.2 Å². The molecule has 3 aliphatic rings. The maximum absolute atomic E-state index is 13.2. The number of allylic oxidation sites excluding steroid dienone is 2. The first kappa shape index (κ1) is 18.7. The molecule has 2 fully saturated rings. The zero-order valence-electron chi connectivity index (χ0n) is 16.3. The van der Waals surface area contributed by atoms with Crippen molar-refractivity contribution in [2.45, 2.75) is 38.0 Å². The van der Waals surface area contributed by atoms with Crippen LogP contribution in [0.15, 0.2) is 17.0 Å². The molecule has 1 aliphatic heterocycles. The summed E-state index contributed by atoms with van der Waals surface area (Å²) in [4.78, 5) is 15.2. The molecule has 2 heterocycles. The van der Waals surface area contributed by atoms with Crippen molar-refractivity contribution in [3.05, 3.63) is 23.5 Å². The monoisotopic (exact) mass is 392 g/mol. The summed E-state index contributed by atoms with van der Waals surface area (Å²) in [7, 11) is -1.84. The first-order chi connectivity index (χ1) is 12.8. The van der Waals surface area contributed by atoms with Gasteiger partial charge in [0.1, 0.15) is 4.90 Å². The molecular formula is C19H28N4O3S. The molecule has 0 radical (unpaired) electrons. The van der Waals surface area contributed by atoms with E-state index in [1.807, 2.05) is 4.90 Å². The summed E-state index contributed by atoms with van der Waals surface area (Å²) in [5.41, 5.74) is 1.18. The molecule has 2 aliphatic carbocycles. The molecule has 3 atom stereocenters. The van der Waals surface area contributed by atoms with Gasteiger partial charge in [-0.1, -0.05) is 12.2 Å². The van der Waals surface area contributed by atoms with Gasteiger partial charge in [0.2, 0.25) is 15.9 Å². The molecule has 8 heteroatoms. The summed E-state index contributed by atoms with van der Waals surface area (Å²) in [6.07, 6.45) is 7.15. The first-order valence-corrected chi connectivity index (χ1v) is 11.2. The zero-order chi connectivity index (χ0) is 19.3. The van der Waals surface area contributed by atoms with Gasteiger partial charge in [-0.2, -0.15) is 9.40 Å². The average Bonchev–Trinajstić information content (AvgIpc) is 3.23. The molecule has 27 heavy (non-hydrogen) atoms. The quantitative estimate of drug-likeness (QED) is 0.730. The van der Waals surface area contributed by atoms with Crippen LogP contribution >= 0.6 is 0 Å². The third-order valence-electron chi connectivity index (χ3n) is 6.40. The van der Waals surface area contributed by atoms with E-state index in [0.29, 0.717) is 60.7 Å². The maximum Gasteiger partial charge on any atom is 0.246 e. The lowest BCUT2D eigenvalue weighted by molar-refractivity contribution is -0.136. The van der Waals surface area contributed by atoms with Gasteiger partial charge in [-0.15, -0.1) is 0 Å². The van der Waals surface area contributed by atoms with Crippen LogP contribution in [0.4, 0.5) is 0 Å². The van der Waals surface area contributed by atoms with Crippen molar-refractivity contribution >= 4 is 15.9 Å². The third kappa shape index (κ3) is 3.12. The Bertz CT molecular complexity index is 889. The van der Waals surface area contributed by atoms with Crippen molar-refractivity contribution in [2.24, 2.45) is 24.8 Å². The Balaban J connectivity index is 1.48. The fraction of sp³-hybridized carbons (Fsp3) is 0.684. The number of sulfonamides is 1. The second-order valence-corrected chi connectivity index (χ2v) is 9.97. The lowest BCUT2D eigenvalue weighted by Crippen LogP contribution is -2.41. The Morgan fingerprint density at radius 3 is 2.48 bits per heavy atom. The number of hydrogen-bond donors (Lipinski definition) is 0. The van der Waals surface area contributed by atoms with Crippen LogP contribution in [0, 0.1) is 31.6 Å². The van der Waals surface area contributed by atoms with Gasteiger partial charge in [-0.05, 0) is 44.9 Å². The molecule has 1 aromatic heterocycles. The topological polar surface area (TPSA) is 75.5 Å². The SMILES string of the molecule is Cc1nn(C)c(C)c1S(=O)(=O)N1CCCN(C(=O)C2CC3C=CC2C3)CC1. The lowest BCUT2D eigenvalue weighted by Gasteiger charge is -2.27. The van der Waals surface area contributed by atoms with E-state index in [-0.39, 0.29) is 11.8 Å². The highest BCUT2D eigenvalue weighted by Crippen LogP contribution is 2.44. The van der Waals surface area contributed by atoms with Crippen molar-refractivity contribution in [1.29, 1.82) is 0 Å². The van der Waals surface area contributed by atoms with Crippen molar-refractivity contribution in [3.63, 3.8) is 0 Å². The number of carbonyl (C=O) groups excluding carboxylic acids is 1. The van der Waals surface area contributed by atoms with E-state index in [4.69, 9.17) is 0 Å². The van der Waals surface area contributed by atoms with Crippen LogP contribution in [0.2, 0.25) is 0 Å².